The van der Waals surface area contributed by atoms with E-state index in [0.29, 0.717) is 36.0 Å². The van der Waals surface area contributed by atoms with E-state index in [1.807, 2.05) is 0 Å². The zero-order chi connectivity index (χ0) is 20.1. The number of hydrogen-bond acceptors (Lipinski definition) is 5. The Labute approximate surface area is 168 Å². The molecular weight excluding hydrogens is 354 g/mol. The van der Waals surface area contributed by atoms with Crippen LogP contribution in [0.25, 0.3) is 0 Å². The van der Waals surface area contributed by atoms with Crippen molar-refractivity contribution in [1.29, 1.82) is 0 Å². The number of aliphatic hydroxyl groups is 1. The highest BCUT2D eigenvalue weighted by Gasteiger charge is 2.62. The quantitative estimate of drug-likeness (QED) is 0.719. The second-order valence-corrected chi connectivity index (χ2v) is 10.5. The van der Waals surface area contributed by atoms with Crippen LogP contribution in [0.5, 0.6) is 0 Å². The zero-order valence-electron chi connectivity index (χ0n) is 17.5. The van der Waals surface area contributed by atoms with E-state index in [2.05, 4.69) is 13.8 Å². The number of ether oxygens (including phenoxy) is 1. The first-order valence-corrected chi connectivity index (χ1v) is 11.4. The predicted octanol–water partition coefficient (Wildman–Crippen LogP) is 3.08. The van der Waals surface area contributed by atoms with Crippen molar-refractivity contribution < 1.29 is 19.4 Å². The van der Waals surface area contributed by atoms with E-state index in [1.165, 1.54) is 0 Å². The Morgan fingerprint density at radius 2 is 1.96 bits per heavy atom. The van der Waals surface area contributed by atoms with Gasteiger partial charge in [-0.1, -0.05) is 13.8 Å². The van der Waals surface area contributed by atoms with Crippen molar-refractivity contribution in [3.8, 4) is 0 Å². The highest BCUT2D eigenvalue weighted by atomic mass is 16.5. The van der Waals surface area contributed by atoms with Crippen molar-refractivity contribution in [1.82, 2.24) is 0 Å². The highest BCUT2D eigenvalue weighted by Crippen LogP contribution is 2.66. The van der Waals surface area contributed by atoms with E-state index in [9.17, 15) is 14.7 Å². The van der Waals surface area contributed by atoms with Gasteiger partial charge in [-0.3, -0.25) is 9.59 Å². The smallest absolute Gasteiger partial charge is 0.307 e. The fourth-order valence-corrected chi connectivity index (χ4v) is 7.82. The van der Waals surface area contributed by atoms with Gasteiger partial charge in [0.15, 0.2) is 0 Å². The Hall–Kier alpha value is -0.940. The molecule has 4 rings (SSSR count). The number of carbonyl (C=O) groups is 2. The topological polar surface area (TPSA) is 89.6 Å². The molecule has 0 saturated heterocycles. The molecule has 0 bridgehead atoms. The van der Waals surface area contributed by atoms with E-state index >= 15 is 0 Å². The number of esters is 1. The lowest BCUT2D eigenvalue weighted by molar-refractivity contribution is -0.172. The van der Waals surface area contributed by atoms with Crippen LogP contribution in [0.1, 0.15) is 71.6 Å². The van der Waals surface area contributed by atoms with E-state index < -0.39 is 0 Å². The van der Waals surface area contributed by atoms with Gasteiger partial charge in [0, 0.05) is 25.0 Å². The van der Waals surface area contributed by atoms with E-state index in [0.717, 1.165) is 51.4 Å². The van der Waals surface area contributed by atoms with Crippen LogP contribution in [0.4, 0.5) is 0 Å². The fourth-order valence-electron chi connectivity index (χ4n) is 7.82. The fraction of sp³-hybridized carbons (Fsp3) is 0.913. The first-order valence-electron chi connectivity index (χ1n) is 11.4. The molecule has 3 N–H and O–H groups in total. The number of fused-ring (bicyclic) bond motifs is 5. The molecule has 0 radical (unpaired) electrons. The van der Waals surface area contributed by atoms with Gasteiger partial charge in [0.2, 0.25) is 0 Å². The minimum Gasteiger partial charge on any atom is -0.462 e. The largest absolute Gasteiger partial charge is 0.462 e. The van der Waals surface area contributed by atoms with Gasteiger partial charge in [-0.2, -0.15) is 0 Å². The molecule has 8 atom stereocenters. The lowest BCUT2D eigenvalue weighted by atomic mass is 9.43. The van der Waals surface area contributed by atoms with Crippen LogP contribution < -0.4 is 5.73 Å². The number of ketones is 1. The standard InChI is InChI=1S/C23H37NO4/c1-22-8-5-16(28-20(27)7-10-24)12-15(22)11-14(13-25)21-17-3-4-19(26)23(17,2)9-6-18(21)22/h14-18,21,25H,3-13,24H2,1-2H3/t14-,15?,16-,17-,18-,21-,22-,23-/m0/s1. The van der Waals surface area contributed by atoms with Gasteiger partial charge in [0.1, 0.15) is 11.9 Å². The number of aliphatic hydroxyl groups excluding tert-OH is 1. The molecule has 0 aromatic heterocycles. The van der Waals surface area contributed by atoms with Crippen molar-refractivity contribution in [3.05, 3.63) is 0 Å². The van der Waals surface area contributed by atoms with Crippen molar-refractivity contribution in [2.24, 2.45) is 46.2 Å². The third kappa shape index (κ3) is 3.04. The SMILES string of the molecule is C[C@]12CC[C@H](OC(=O)CCN)CC1C[C@@H](CO)[C@@H]1[C@@H]2CC[C@]2(C)C(=O)CC[C@@H]12. The molecule has 4 aliphatic carbocycles. The van der Waals surface area contributed by atoms with Crippen molar-refractivity contribution in [2.45, 2.75) is 77.7 Å². The molecule has 158 valence electrons. The summed E-state index contributed by atoms with van der Waals surface area (Å²) in [5.41, 5.74) is 5.56. The Balaban J connectivity index is 1.55. The number of carbonyl (C=O) groups excluding carboxylic acids is 2. The molecular formula is C23H37NO4. The van der Waals surface area contributed by atoms with E-state index in [-0.39, 0.29) is 41.8 Å². The highest BCUT2D eigenvalue weighted by molar-refractivity contribution is 5.87. The Morgan fingerprint density at radius 1 is 1.18 bits per heavy atom. The van der Waals surface area contributed by atoms with Gasteiger partial charge >= 0.3 is 5.97 Å². The third-order valence-corrected chi connectivity index (χ3v) is 9.39. The summed E-state index contributed by atoms with van der Waals surface area (Å²) in [4.78, 5) is 24.6. The maximum absolute atomic E-state index is 12.6. The van der Waals surface area contributed by atoms with Gasteiger partial charge in [0.05, 0.1) is 6.42 Å². The summed E-state index contributed by atoms with van der Waals surface area (Å²) in [5, 5.41) is 10.3. The van der Waals surface area contributed by atoms with Crippen molar-refractivity contribution >= 4 is 11.8 Å². The molecule has 5 heteroatoms. The van der Waals surface area contributed by atoms with Gasteiger partial charge in [-0.15, -0.1) is 0 Å². The summed E-state index contributed by atoms with van der Waals surface area (Å²) < 4.78 is 5.70. The summed E-state index contributed by atoms with van der Waals surface area (Å²) in [6, 6.07) is 0. The summed E-state index contributed by atoms with van der Waals surface area (Å²) in [6.45, 7) is 5.19. The molecule has 0 aromatic carbocycles. The molecule has 0 aromatic rings. The molecule has 0 amide bonds. The summed E-state index contributed by atoms with van der Waals surface area (Å²) in [7, 11) is 0. The predicted molar refractivity (Wildman–Crippen MR) is 106 cm³/mol. The maximum Gasteiger partial charge on any atom is 0.307 e. The molecule has 0 aliphatic heterocycles. The lowest BCUT2D eigenvalue weighted by Crippen LogP contribution is -2.57. The van der Waals surface area contributed by atoms with Crippen LogP contribution in [-0.4, -0.2) is 36.1 Å². The monoisotopic (exact) mass is 391 g/mol. The van der Waals surface area contributed by atoms with Crippen molar-refractivity contribution in [2.75, 3.05) is 13.2 Å². The number of Topliss-reactive ketones (excluding diaryl/α,β-unsaturated/α-hetero) is 1. The molecule has 0 heterocycles. The normalized spacial score (nSPS) is 47.8. The molecule has 4 saturated carbocycles. The minimum atomic E-state index is -0.179. The van der Waals surface area contributed by atoms with Crippen LogP contribution in [0, 0.1) is 40.4 Å². The van der Waals surface area contributed by atoms with Gasteiger partial charge in [0.25, 0.3) is 0 Å². The summed E-state index contributed by atoms with van der Waals surface area (Å²) in [5.74, 6) is 2.51. The Kier molecular flexibility index (Phi) is 5.37. The molecule has 28 heavy (non-hydrogen) atoms. The van der Waals surface area contributed by atoms with Crippen LogP contribution in [0.15, 0.2) is 0 Å². The van der Waals surface area contributed by atoms with Crippen LogP contribution in [0.3, 0.4) is 0 Å². The third-order valence-electron chi connectivity index (χ3n) is 9.39. The van der Waals surface area contributed by atoms with Crippen LogP contribution >= 0.6 is 0 Å². The number of hydrogen-bond donors (Lipinski definition) is 2. The maximum atomic E-state index is 12.6. The first-order chi connectivity index (χ1) is 13.3. The molecule has 4 aliphatic rings. The second-order valence-electron chi connectivity index (χ2n) is 10.5. The Bertz CT molecular complexity index is 636. The summed E-state index contributed by atoms with van der Waals surface area (Å²) >= 11 is 0. The van der Waals surface area contributed by atoms with Gasteiger partial charge < -0.3 is 15.6 Å². The average molecular weight is 392 g/mol. The molecule has 1 unspecified atom stereocenters. The zero-order valence-corrected chi connectivity index (χ0v) is 17.5. The van der Waals surface area contributed by atoms with Gasteiger partial charge in [-0.25, -0.2) is 0 Å². The van der Waals surface area contributed by atoms with Gasteiger partial charge in [-0.05, 0) is 80.0 Å². The first kappa shape index (κ1) is 20.3. The van der Waals surface area contributed by atoms with Crippen LogP contribution in [-0.2, 0) is 14.3 Å². The lowest BCUT2D eigenvalue weighted by Gasteiger charge is -2.62. The average Bonchev–Trinajstić information content (AvgIpc) is 2.97. The minimum absolute atomic E-state index is 0.00469. The molecule has 0 spiro atoms. The second kappa shape index (κ2) is 7.39. The molecule has 5 nitrogen and oxygen atoms in total. The number of rotatable bonds is 4. The van der Waals surface area contributed by atoms with Crippen molar-refractivity contribution in [3.63, 3.8) is 0 Å². The molecule has 4 fully saturated rings. The van der Waals surface area contributed by atoms with E-state index in [1.54, 1.807) is 0 Å². The summed E-state index contributed by atoms with van der Waals surface area (Å²) in [6.07, 6.45) is 8.04. The Morgan fingerprint density at radius 3 is 2.68 bits per heavy atom. The van der Waals surface area contributed by atoms with E-state index in [4.69, 9.17) is 10.5 Å². The number of nitrogens with two attached hydrogens (primary N) is 1. The van der Waals surface area contributed by atoms with Crippen LogP contribution in [0.2, 0.25) is 0 Å².